The van der Waals surface area contributed by atoms with Crippen molar-refractivity contribution in [1.82, 2.24) is 4.72 Å². The van der Waals surface area contributed by atoms with E-state index in [0.717, 1.165) is 12.5 Å². The molecule has 1 aliphatic carbocycles. The lowest BCUT2D eigenvalue weighted by atomic mass is 10.1. The number of carbonyl (C=O) groups is 1. The number of aliphatic hydroxyl groups is 1. The molecule has 2 rings (SSSR count). The molecule has 3 atom stereocenters. The number of aliphatic carboxylic acids is 1. The topological polar surface area (TPSA) is 104 Å². The number of sulfonamides is 1. The number of fused-ring (bicyclic) bond motifs is 1. The van der Waals surface area contributed by atoms with Gasteiger partial charge in [0.15, 0.2) is 5.25 Å². The second-order valence-corrected chi connectivity index (χ2v) is 6.62. The maximum atomic E-state index is 11.9. The van der Waals surface area contributed by atoms with E-state index in [1.165, 1.54) is 0 Å². The highest BCUT2D eigenvalue weighted by Crippen LogP contribution is 2.32. The SMILES string of the molecule is CC(C(=O)O)S(=O)(=O)N[C@H]1c2ccccc2C[C@H]1O. The molecule has 0 bridgehead atoms. The van der Waals surface area contributed by atoms with Crippen LogP contribution in [0.1, 0.15) is 24.1 Å². The standard InChI is InChI=1S/C12H15NO5S/c1-7(12(15)16)19(17,18)13-11-9-5-3-2-4-8(9)6-10(11)14/h2-5,7,10-11,13-14H,6H2,1H3,(H,15,16)/t7?,10-,11+/m1/s1. The van der Waals surface area contributed by atoms with E-state index in [2.05, 4.69) is 4.72 Å². The third kappa shape index (κ3) is 2.63. The van der Waals surface area contributed by atoms with Gasteiger partial charge in [-0.05, 0) is 18.1 Å². The van der Waals surface area contributed by atoms with E-state index < -0.39 is 33.4 Å². The van der Waals surface area contributed by atoms with E-state index in [0.29, 0.717) is 12.0 Å². The van der Waals surface area contributed by atoms with Crippen molar-refractivity contribution in [3.05, 3.63) is 35.4 Å². The number of carboxylic acids is 1. The van der Waals surface area contributed by atoms with Gasteiger partial charge in [-0.1, -0.05) is 24.3 Å². The lowest BCUT2D eigenvalue weighted by Crippen LogP contribution is -2.41. The fraction of sp³-hybridized carbons (Fsp3) is 0.417. The fourth-order valence-electron chi connectivity index (χ4n) is 2.13. The van der Waals surface area contributed by atoms with Gasteiger partial charge in [0.2, 0.25) is 10.0 Å². The molecule has 0 saturated heterocycles. The Morgan fingerprint density at radius 2 is 2.05 bits per heavy atom. The van der Waals surface area contributed by atoms with Gasteiger partial charge in [0.25, 0.3) is 0 Å². The molecule has 0 fully saturated rings. The maximum absolute atomic E-state index is 11.9. The predicted molar refractivity (Wildman–Crippen MR) is 68.0 cm³/mol. The van der Waals surface area contributed by atoms with Crippen molar-refractivity contribution in [3.63, 3.8) is 0 Å². The van der Waals surface area contributed by atoms with Crippen LogP contribution in [0.5, 0.6) is 0 Å². The van der Waals surface area contributed by atoms with E-state index in [1.807, 2.05) is 12.1 Å². The van der Waals surface area contributed by atoms with Gasteiger partial charge in [0, 0.05) is 6.42 Å². The van der Waals surface area contributed by atoms with Crippen LogP contribution in [0.25, 0.3) is 0 Å². The Morgan fingerprint density at radius 3 is 2.68 bits per heavy atom. The first kappa shape index (κ1) is 14.0. The van der Waals surface area contributed by atoms with E-state index >= 15 is 0 Å². The summed E-state index contributed by atoms with van der Waals surface area (Å²) in [4.78, 5) is 10.8. The van der Waals surface area contributed by atoms with Crippen molar-refractivity contribution in [1.29, 1.82) is 0 Å². The highest BCUT2D eigenvalue weighted by atomic mass is 32.2. The van der Waals surface area contributed by atoms with Crippen LogP contribution in [0.15, 0.2) is 24.3 Å². The molecule has 0 radical (unpaired) electrons. The smallest absolute Gasteiger partial charge is 0.323 e. The Balaban J connectivity index is 2.27. The van der Waals surface area contributed by atoms with Crippen molar-refractivity contribution in [3.8, 4) is 0 Å². The summed E-state index contributed by atoms with van der Waals surface area (Å²) in [6, 6.07) is 6.31. The summed E-state index contributed by atoms with van der Waals surface area (Å²) in [7, 11) is -4.03. The number of nitrogens with one attached hydrogen (secondary N) is 1. The molecule has 1 aliphatic rings. The summed E-state index contributed by atoms with van der Waals surface area (Å²) in [5, 5.41) is 17.1. The van der Waals surface area contributed by atoms with Crippen LogP contribution >= 0.6 is 0 Å². The van der Waals surface area contributed by atoms with Gasteiger partial charge in [-0.15, -0.1) is 0 Å². The number of carboxylic acid groups (broad SMARTS) is 1. The minimum absolute atomic E-state index is 0.352. The summed E-state index contributed by atoms with van der Waals surface area (Å²) in [5.74, 6) is -1.42. The molecule has 19 heavy (non-hydrogen) atoms. The molecule has 0 aromatic heterocycles. The first-order valence-electron chi connectivity index (χ1n) is 5.82. The Labute approximate surface area is 111 Å². The molecule has 0 heterocycles. The van der Waals surface area contributed by atoms with Crippen LogP contribution in [0.4, 0.5) is 0 Å². The molecule has 6 nitrogen and oxygen atoms in total. The molecule has 1 aromatic carbocycles. The van der Waals surface area contributed by atoms with Crippen LogP contribution in [0.2, 0.25) is 0 Å². The Bertz CT molecular complexity index is 598. The highest BCUT2D eigenvalue weighted by molar-refractivity contribution is 7.90. The normalized spacial score (nSPS) is 23.9. The number of hydrogen-bond acceptors (Lipinski definition) is 4. The van der Waals surface area contributed by atoms with E-state index in [-0.39, 0.29) is 0 Å². The summed E-state index contributed by atoms with van der Waals surface area (Å²) in [6.07, 6.45) is -0.529. The molecule has 3 N–H and O–H groups in total. The minimum Gasteiger partial charge on any atom is -0.480 e. The van der Waals surface area contributed by atoms with Gasteiger partial charge in [-0.2, -0.15) is 0 Å². The van der Waals surface area contributed by atoms with Gasteiger partial charge >= 0.3 is 5.97 Å². The molecule has 0 amide bonds. The van der Waals surface area contributed by atoms with Crippen LogP contribution < -0.4 is 4.72 Å². The monoisotopic (exact) mass is 285 g/mol. The molecule has 0 saturated carbocycles. The van der Waals surface area contributed by atoms with Crippen molar-refractivity contribution >= 4 is 16.0 Å². The van der Waals surface area contributed by atoms with Gasteiger partial charge < -0.3 is 10.2 Å². The predicted octanol–water partition coefficient (Wildman–Crippen LogP) is 0.0372. The van der Waals surface area contributed by atoms with Gasteiger partial charge in [0.05, 0.1) is 12.1 Å². The van der Waals surface area contributed by atoms with Gasteiger partial charge in [0.1, 0.15) is 0 Å². The fourth-order valence-corrected chi connectivity index (χ4v) is 3.24. The van der Waals surface area contributed by atoms with Crippen LogP contribution in [-0.2, 0) is 21.2 Å². The summed E-state index contributed by atoms with van der Waals surface area (Å²) in [5.41, 5.74) is 1.56. The number of hydrogen-bond donors (Lipinski definition) is 3. The maximum Gasteiger partial charge on any atom is 0.323 e. The number of rotatable bonds is 4. The second-order valence-electron chi connectivity index (χ2n) is 4.59. The Morgan fingerprint density at radius 1 is 1.42 bits per heavy atom. The quantitative estimate of drug-likeness (QED) is 0.724. The number of aliphatic hydroxyl groups excluding tert-OH is 1. The zero-order chi connectivity index (χ0) is 14.2. The summed E-state index contributed by atoms with van der Waals surface area (Å²) >= 11 is 0. The molecule has 1 unspecified atom stereocenters. The average Bonchev–Trinajstić information content (AvgIpc) is 2.65. The second kappa shape index (κ2) is 4.92. The van der Waals surface area contributed by atoms with Crippen LogP contribution in [-0.4, -0.2) is 36.0 Å². The van der Waals surface area contributed by atoms with Gasteiger partial charge in [-0.3, -0.25) is 4.79 Å². The molecule has 0 spiro atoms. The van der Waals surface area contributed by atoms with E-state index in [1.54, 1.807) is 12.1 Å². The first-order chi connectivity index (χ1) is 8.83. The molecule has 1 aromatic rings. The first-order valence-corrected chi connectivity index (χ1v) is 7.37. The lowest BCUT2D eigenvalue weighted by molar-refractivity contribution is -0.136. The zero-order valence-electron chi connectivity index (χ0n) is 10.3. The number of benzene rings is 1. The lowest BCUT2D eigenvalue weighted by Gasteiger charge is -2.19. The zero-order valence-corrected chi connectivity index (χ0v) is 11.1. The molecule has 0 aliphatic heterocycles. The van der Waals surface area contributed by atoms with Gasteiger partial charge in [-0.25, -0.2) is 13.1 Å². The van der Waals surface area contributed by atoms with Crippen LogP contribution in [0.3, 0.4) is 0 Å². The van der Waals surface area contributed by atoms with Crippen molar-refractivity contribution in [2.75, 3.05) is 0 Å². The minimum atomic E-state index is -4.03. The average molecular weight is 285 g/mol. The Kier molecular flexibility index (Phi) is 3.62. The summed E-state index contributed by atoms with van der Waals surface area (Å²) < 4.78 is 26.0. The van der Waals surface area contributed by atoms with Crippen molar-refractivity contribution in [2.45, 2.75) is 30.7 Å². The third-order valence-corrected chi connectivity index (χ3v) is 5.02. The molecule has 104 valence electrons. The third-order valence-electron chi connectivity index (χ3n) is 3.31. The molecular weight excluding hydrogens is 270 g/mol. The highest BCUT2D eigenvalue weighted by Gasteiger charge is 2.37. The van der Waals surface area contributed by atoms with Crippen molar-refractivity contribution in [2.24, 2.45) is 0 Å². The van der Waals surface area contributed by atoms with Crippen molar-refractivity contribution < 1.29 is 23.4 Å². The molecular formula is C12H15NO5S. The Hall–Kier alpha value is -1.44. The summed E-state index contributed by atoms with van der Waals surface area (Å²) in [6.45, 7) is 1.10. The van der Waals surface area contributed by atoms with E-state index in [9.17, 15) is 18.3 Å². The molecule has 7 heteroatoms. The van der Waals surface area contributed by atoms with E-state index in [4.69, 9.17) is 5.11 Å². The largest absolute Gasteiger partial charge is 0.480 e. The van der Waals surface area contributed by atoms with Crippen LogP contribution in [0, 0.1) is 0 Å².